The van der Waals surface area contributed by atoms with Gasteiger partial charge >= 0.3 is 0 Å². The Labute approximate surface area is 111 Å². The van der Waals surface area contributed by atoms with Gasteiger partial charge in [-0.05, 0) is 0 Å². The number of hydrogen-bond donors (Lipinski definition) is 3. The summed E-state index contributed by atoms with van der Waals surface area (Å²) in [6.07, 6.45) is 0. The molecule has 1 aliphatic heterocycles. The van der Waals surface area contributed by atoms with Crippen LogP contribution in [0, 0.1) is 0 Å². The van der Waals surface area contributed by atoms with Crippen molar-refractivity contribution in [2.45, 2.75) is 0 Å². The summed E-state index contributed by atoms with van der Waals surface area (Å²) < 4.78 is 5.21. The molecule has 0 aromatic rings. The van der Waals surface area contributed by atoms with Crippen molar-refractivity contribution in [1.82, 2.24) is 10.3 Å². The highest BCUT2D eigenvalue weighted by Crippen LogP contribution is 1.94. The molecule has 0 atom stereocenters. The molecule has 6 nitrogen and oxygen atoms in total. The van der Waals surface area contributed by atoms with Crippen LogP contribution in [-0.4, -0.2) is 50.3 Å². The molecule has 0 aromatic carbocycles. The van der Waals surface area contributed by atoms with Gasteiger partial charge in [-0.3, -0.25) is 4.90 Å². The summed E-state index contributed by atoms with van der Waals surface area (Å²) in [6.45, 7) is 5.33. The molecule has 1 fully saturated rings. The van der Waals surface area contributed by atoms with Gasteiger partial charge in [-0.15, -0.1) is 39.1 Å². The van der Waals surface area contributed by atoms with Crippen molar-refractivity contribution in [3.05, 3.63) is 0 Å². The molecule has 1 aliphatic rings. The third-order valence-electron chi connectivity index (χ3n) is 1.85. The van der Waals surface area contributed by atoms with E-state index in [1.807, 2.05) is 0 Å². The van der Waals surface area contributed by atoms with E-state index < -0.39 is 0 Å². The first-order valence-corrected chi connectivity index (χ1v) is 4.40. The van der Waals surface area contributed by atoms with Crippen molar-refractivity contribution in [1.29, 1.82) is 0 Å². The fourth-order valence-electron chi connectivity index (χ4n) is 1.18. The van der Waals surface area contributed by atoms with Gasteiger partial charge in [0.05, 0.1) is 13.2 Å². The van der Waals surface area contributed by atoms with Gasteiger partial charge in [0.2, 0.25) is 5.96 Å². The van der Waals surface area contributed by atoms with Crippen molar-refractivity contribution in [2.24, 2.45) is 16.6 Å². The number of morpholine rings is 1. The van der Waals surface area contributed by atoms with Gasteiger partial charge in [-0.2, -0.15) is 0 Å². The summed E-state index contributed by atoms with van der Waals surface area (Å²) in [4.78, 5) is 2.30. The second-order valence-corrected chi connectivity index (χ2v) is 2.90. The highest BCUT2D eigenvalue weighted by atomic mass is 79.9. The number of ether oxygens (including phenoxy) is 1. The maximum Gasteiger partial charge on any atom is 0.208 e. The second kappa shape index (κ2) is 10.5. The Bertz CT molecular complexity index is 171. The lowest BCUT2D eigenvalue weighted by atomic mass is 10.4. The molecule has 0 amide bonds. The first-order chi connectivity index (χ1) is 6.29. The van der Waals surface area contributed by atoms with Crippen molar-refractivity contribution in [3.63, 3.8) is 0 Å². The number of hydrazone groups is 1. The van der Waals surface area contributed by atoms with E-state index in [-0.39, 0.29) is 39.9 Å². The van der Waals surface area contributed by atoms with Crippen molar-refractivity contribution in [3.8, 4) is 0 Å². The maximum atomic E-state index is 5.21. The molecule has 0 unspecified atom stereocenters. The van der Waals surface area contributed by atoms with Crippen LogP contribution in [0.25, 0.3) is 0 Å². The van der Waals surface area contributed by atoms with Gasteiger partial charge in [-0.1, -0.05) is 0 Å². The van der Waals surface area contributed by atoms with Crippen LogP contribution in [0.1, 0.15) is 0 Å². The molecule has 0 saturated carbocycles. The van der Waals surface area contributed by atoms with Crippen LogP contribution in [-0.2, 0) is 4.74 Å². The molecule has 0 aliphatic carbocycles. The van der Waals surface area contributed by atoms with Crippen LogP contribution in [0.4, 0.5) is 0 Å². The van der Waals surface area contributed by atoms with Crippen LogP contribution >= 0.6 is 34.0 Å². The van der Waals surface area contributed by atoms with Gasteiger partial charge in [0.15, 0.2) is 0 Å². The largest absolute Gasteiger partial charge is 0.379 e. The number of rotatable bonds is 4. The van der Waals surface area contributed by atoms with E-state index in [2.05, 4.69) is 15.4 Å². The summed E-state index contributed by atoms with van der Waals surface area (Å²) in [5, 5.41) is 3.67. The summed E-state index contributed by atoms with van der Waals surface area (Å²) in [5.74, 6) is 0.0713. The Hall–Kier alpha value is -0.0500. The summed E-state index contributed by atoms with van der Waals surface area (Å²) in [7, 11) is 0. The van der Waals surface area contributed by atoms with E-state index in [1.165, 1.54) is 0 Å². The highest BCUT2D eigenvalue weighted by Gasteiger charge is 2.08. The zero-order chi connectivity index (χ0) is 9.52. The van der Waals surface area contributed by atoms with Gasteiger partial charge in [0.25, 0.3) is 0 Å². The summed E-state index contributed by atoms with van der Waals surface area (Å²) >= 11 is 0. The van der Waals surface area contributed by atoms with Crippen LogP contribution in [0.15, 0.2) is 5.10 Å². The minimum absolute atomic E-state index is 0. The van der Waals surface area contributed by atoms with Crippen molar-refractivity contribution < 1.29 is 4.74 Å². The Morgan fingerprint density at radius 1 is 1.27 bits per heavy atom. The average molecular weight is 349 g/mol. The second-order valence-electron chi connectivity index (χ2n) is 2.90. The molecule has 1 rings (SSSR count). The molecule has 0 aromatic heterocycles. The number of nitrogens with one attached hydrogen (secondary N) is 1. The van der Waals surface area contributed by atoms with Crippen LogP contribution in [0.5, 0.6) is 0 Å². The van der Waals surface area contributed by atoms with E-state index >= 15 is 0 Å². The molecule has 1 saturated heterocycles. The Morgan fingerprint density at radius 2 is 1.87 bits per heavy atom. The van der Waals surface area contributed by atoms with Crippen LogP contribution < -0.4 is 16.9 Å². The third-order valence-corrected chi connectivity index (χ3v) is 1.85. The predicted molar refractivity (Wildman–Crippen MR) is 71.7 cm³/mol. The van der Waals surface area contributed by atoms with Crippen LogP contribution in [0.2, 0.25) is 0 Å². The molecular weight excluding hydrogens is 330 g/mol. The third kappa shape index (κ3) is 8.91. The topological polar surface area (TPSA) is 88.9 Å². The van der Waals surface area contributed by atoms with Crippen LogP contribution in [0.3, 0.4) is 0 Å². The van der Waals surface area contributed by atoms with Gasteiger partial charge in [0.1, 0.15) is 0 Å². The van der Waals surface area contributed by atoms with Gasteiger partial charge in [-0.25, -0.2) is 0 Å². The number of guanidine groups is 1. The molecule has 1 heterocycles. The van der Waals surface area contributed by atoms with E-state index in [9.17, 15) is 0 Å². The van der Waals surface area contributed by atoms with Gasteiger partial charge in [0, 0.05) is 26.2 Å². The maximum absolute atomic E-state index is 5.21. The van der Waals surface area contributed by atoms with E-state index in [4.69, 9.17) is 16.2 Å². The van der Waals surface area contributed by atoms with Crippen molar-refractivity contribution in [2.75, 3.05) is 39.4 Å². The number of halogens is 2. The normalized spacial score (nSPS) is 15.7. The zero-order valence-corrected chi connectivity index (χ0v) is 11.9. The Morgan fingerprint density at radius 3 is 2.40 bits per heavy atom. The first kappa shape index (κ1) is 17.3. The SMILES string of the molecule is Br.Br.NC(N)=NNCCN1CCOCC1. The minimum Gasteiger partial charge on any atom is -0.379 e. The molecule has 0 spiro atoms. The number of hydrogen-bond acceptors (Lipinski definition) is 4. The molecule has 5 N–H and O–H groups in total. The lowest BCUT2D eigenvalue weighted by Crippen LogP contribution is -2.40. The number of nitrogens with zero attached hydrogens (tertiary/aromatic N) is 2. The van der Waals surface area contributed by atoms with E-state index in [1.54, 1.807) is 0 Å². The van der Waals surface area contributed by atoms with Gasteiger partial charge < -0.3 is 21.6 Å². The fourth-order valence-corrected chi connectivity index (χ4v) is 1.18. The molecule has 0 bridgehead atoms. The molecule has 15 heavy (non-hydrogen) atoms. The highest BCUT2D eigenvalue weighted by molar-refractivity contribution is 8.93. The molecular formula is C7H19Br2N5O. The standard InChI is InChI=1S/C7H17N5O.2BrH/c8-7(9)11-10-1-2-12-3-5-13-6-4-12;;/h10H,1-6H2,(H4,8,9,11);2*1H. The molecule has 92 valence electrons. The fraction of sp³-hybridized carbons (Fsp3) is 0.857. The monoisotopic (exact) mass is 347 g/mol. The summed E-state index contributed by atoms with van der Waals surface area (Å²) in [6, 6.07) is 0. The lowest BCUT2D eigenvalue weighted by molar-refractivity contribution is 0.0385. The zero-order valence-electron chi connectivity index (χ0n) is 8.52. The number of nitrogens with two attached hydrogens (primary N) is 2. The predicted octanol–water partition coefficient (Wildman–Crippen LogP) is -0.748. The van der Waals surface area contributed by atoms with E-state index in [0.717, 1.165) is 39.4 Å². The molecule has 8 heteroatoms. The van der Waals surface area contributed by atoms with Crippen molar-refractivity contribution >= 4 is 39.9 Å². The van der Waals surface area contributed by atoms with E-state index in [0.29, 0.717) is 0 Å². The summed E-state index contributed by atoms with van der Waals surface area (Å²) in [5.41, 5.74) is 13.1. The lowest BCUT2D eigenvalue weighted by Gasteiger charge is -2.26. The quantitative estimate of drug-likeness (QED) is 0.269. The Kier molecular flexibility index (Phi) is 12.1. The smallest absolute Gasteiger partial charge is 0.208 e. The average Bonchev–Trinajstić information content (AvgIpc) is 2.14. The Balaban J connectivity index is 0. The molecule has 0 radical (unpaired) electrons. The minimum atomic E-state index is 0. The first-order valence-electron chi connectivity index (χ1n) is 4.40.